The van der Waals surface area contributed by atoms with Crippen LogP contribution in [0.5, 0.6) is 11.5 Å². The number of phenols is 2. The molecule has 1 unspecified atom stereocenters. The van der Waals surface area contributed by atoms with Crippen molar-refractivity contribution in [1.29, 1.82) is 0 Å². The summed E-state index contributed by atoms with van der Waals surface area (Å²) in [4.78, 5) is 12.2. The van der Waals surface area contributed by atoms with Gasteiger partial charge in [-0.25, -0.2) is 13.2 Å². The zero-order valence-electron chi connectivity index (χ0n) is 17.7. The van der Waals surface area contributed by atoms with E-state index < -0.39 is 27.4 Å². The minimum Gasteiger partial charge on any atom is -0.507 e. The molecule has 0 radical (unpaired) electrons. The number of aromatic hydroxyl groups is 2. The van der Waals surface area contributed by atoms with Crippen LogP contribution in [-0.4, -0.2) is 18.6 Å². The van der Waals surface area contributed by atoms with Gasteiger partial charge in [0.15, 0.2) is 5.58 Å². The van der Waals surface area contributed by atoms with E-state index in [-0.39, 0.29) is 27.2 Å². The summed E-state index contributed by atoms with van der Waals surface area (Å²) in [5.41, 5.74) is 0.897. The van der Waals surface area contributed by atoms with Crippen molar-refractivity contribution in [3.05, 3.63) is 98.4 Å². The third-order valence-electron chi connectivity index (χ3n) is 5.30. The molecule has 7 nitrogen and oxygen atoms in total. The molecule has 0 fully saturated rings. The quantitative estimate of drug-likeness (QED) is 0.357. The molecule has 33 heavy (non-hydrogen) atoms. The molecule has 0 saturated carbocycles. The van der Waals surface area contributed by atoms with E-state index in [0.717, 1.165) is 11.6 Å². The number of benzene rings is 3. The second kappa shape index (κ2) is 8.55. The van der Waals surface area contributed by atoms with Crippen molar-refractivity contribution in [3.8, 4) is 11.5 Å². The van der Waals surface area contributed by atoms with Gasteiger partial charge in [0.1, 0.15) is 11.5 Å². The Bertz CT molecular complexity index is 1510. The van der Waals surface area contributed by atoms with Crippen molar-refractivity contribution in [1.82, 2.24) is 4.72 Å². The minimum atomic E-state index is -4.07. The van der Waals surface area contributed by atoms with Crippen LogP contribution in [0.25, 0.3) is 11.0 Å². The smallest absolute Gasteiger partial charge is 0.336 e. The standard InChI is InChI=1S/C24H20ClNO6S/c1-13-3-9-17(10-4-13)33(30,31)26-23(15-5-7-16(25)8-6-15)22-19(28)12-18(27)21-14(2)11-20(29)32-24(21)22/h3-12,23,26-28H,1-2H3. The molecule has 0 saturated heterocycles. The average molecular weight is 486 g/mol. The third kappa shape index (κ3) is 4.45. The molecule has 1 atom stereocenters. The van der Waals surface area contributed by atoms with Gasteiger partial charge in [0.25, 0.3) is 0 Å². The Morgan fingerprint density at radius 1 is 0.939 bits per heavy atom. The van der Waals surface area contributed by atoms with Crippen molar-refractivity contribution in [3.63, 3.8) is 0 Å². The molecule has 170 valence electrons. The summed E-state index contributed by atoms with van der Waals surface area (Å²) in [7, 11) is -4.07. The zero-order chi connectivity index (χ0) is 23.9. The summed E-state index contributed by atoms with van der Waals surface area (Å²) in [6, 6.07) is 13.7. The second-order valence-electron chi connectivity index (χ2n) is 7.70. The second-order valence-corrected chi connectivity index (χ2v) is 9.85. The van der Waals surface area contributed by atoms with Gasteiger partial charge < -0.3 is 14.6 Å². The topological polar surface area (TPSA) is 117 Å². The van der Waals surface area contributed by atoms with Gasteiger partial charge in [0.2, 0.25) is 10.0 Å². The SMILES string of the molecule is Cc1ccc(S(=O)(=O)NC(c2ccc(Cl)cc2)c2c(O)cc(O)c3c(C)cc(=O)oc23)cc1. The summed E-state index contributed by atoms with van der Waals surface area (Å²) in [5, 5.41) is 21.8. The fourth-order valence-electron chi connectivity index (χ4n) is 3.68. The summed E-state index contributed by atoms with van der Waals surface area (Å²) in [6.07, 6.45) is 0. The minimum absolute atomic E-state index is 0.0124. The number of hydrogen-bond acceptors (Lipinski definition) is 6. The summed E-state index contributed by atoms with van der Waals surface area (Å²) < 4.78 is 34.5. The van der Waals surface area contributed by atoms with Crippen LogP contribution in [0.2, 0.25) is 5.02 Å². The molecule has 1 heterocycles. The normalized spacial score (nSPS) is 12.7. The lowest BCUT2D eigenvalue weighted by molar-refractivity contribution is 0.441. The van der Waals surface area contributed by atoms with Gasteiger partial charge in [-0.05, 0) is 49.2 Å². The zero-order valence-corrected chi connectivity index (χ0v) is 19.2. The molecule has 1 aromatic heterocycles. The van der Waals surface area contributed by atoms with Crippen molar-refractivity contribution < 1.29 is 23.0 Å². The molecular formula is C24H20ClNO6S. The van der Waals surface area contributed by atoms with Gasteiger partial charge >= 0.3 is 5.63 Å². The third-order valence-corrected chi connectivity index (χ3v) is 7.00. The van der Waals surface area contributed by atoms with Crippen LogP contribution in [-0.2, 0) is 10.0 Å². The molecule has 0 spiro atoms. The molecular weight excluding hydrogens is 466 g/mol. The summed E-state index contributed by atoms with van der Waals surface area (Å²) >= 11 is 6.01. The van der Waals surface area contributed by atoms with Crippen molar-refractivity contribution in [2.24, 2.45) is 0 Å². The molecule has 4 rings (SSSR count). The first-order valence-electron chi connectivity index (χ1n) is 9.90. The van der Waals surface area contributed by atoms with Gasteiger partial charge in [0.05, 0.1) is 21.9 Å². The molecule has 0 bridgehead atoms. The lowest BCUT2D eigenvalue weighted by Crippen LogP contribution is -2.30. The van der Waals surface area contributed by atoms with Crippen molar-refractivity contribution in [2.45, 2.75) is 24.8 Å². The number of nitrogens with one attached hydrogen (secondary N) is 1. The number of aryl methyl sites for hydroxylation is 2. The van der Waals surface area contributed by atoms with Gasteiger partial charge in [0, 0.05) is 17.2 Å². The maximum atomic E-state index is 13.3. The van der Waals surface area contributed by atoms with Gasteiger partial charge in [-0.2, -0.15) is 4.72 Å². The Hall–Kier alpha value is -3.33. The van der Waals surface area contributed by atoms with Crippen LogP contribution < -0.4 is 10.3 Å². The Morgan fingerprint density at radius 3 is 2.21 bits per heavy atom. The van der Waals surface area contributed by atoms with Crippen LogP contribution >= 0.6 is 11.6 Å². The average Bonchev–Trinajstić information content (AvgIpc) is 2.73. The molecule has 0 aliphatic heterocycles. The number of rotatable bonds is 5. The van der Waals surface area contributed by atoms with E-state index in [4.69, 9.17) is 16.0 Å². The Labute approximate surface area is 194 Å². The first-order chi connectivity index (χ1) is 15.6. The Kier molecular flexibility index (Phi) is 5.92. The largest absolute Gasteiger partial charge is 0.507 e. The first kappa shape index (κ1) is 22.8. The van der Waals surface area contributed by atoms with Crippen LogP contribution in [0.1, 0.15) is 28.3 Å². The van der Waals surface area contributed by atoms with Gasteiger partial charge in [-0.15, -0.1) is 0 Å². The lowest BCUT2D eigenvalue weighted by Gasteiger charge is -2.22. The fourth-order valence-corrected chi connectivity index (χ4v) is 5.00. The molecule has 9 heteroatoms. The monoisotopic (exact) mass is 485 g/mol. The van der Waals surface area contributed by atoms with E-state index in [1.54, 1.807) is 43.3 Å². The first-order valence-corrected chi connectivity index (χ1v) is 11.8. The predicted octanol–water partition coefficient (Wildman–Crippen LogP) is 4.54. The highest BCUT2D eigenvalue weighted by molar-refractivity contribution is 7.89. The van der Waals surface area contributed by atoms with E-state index in [0.29, 0.717) is 16.1 Å². The van der Waals surface area contributed by atoms with Crippen LogP contribution in [0.4, 0.5) is 0 Å². The van der Waals surface area contributed by atoms with Gasteiger partial charge in [-0.1, -0.05) is 41.4 Å². The number of phenolic OH excluding ortho intramolecular Hbond substituents is 2. The highest BCUT2D eigenvalue weighted by Gasteiger charge is 2.29. The van der Waals surface area contributed by atoms with Crippen molar-refractivity contribution >= 4 is 32.6 Å². The fraction of sp³-hybridized carbons (Fsp3) is 0.125. The van der Waals surface area contributed by atoms with Crippen LogP contribution in [0.3, 0.4) is 0 Å². The maximum Gasteiger partial charge on any atom is 0.336 e. The lowest BCUT2D eigenvalue weighted by atomic mass is 9.95. The van der Waals surface area contributed by atoms with Gasteiger partial charge in [-0.3, -0.25) is 0 Å². The number of halogens is 1. The summed E-state index contributed by atoms with van der Waals surface area (Å²) in [5.74, 6) is -0.746. The van der Waals surface area contributed by atoms with Crippen LogP contribution in [0, 0.1) is 13.8 Å². The molecule has 3 N–H and O–H groups in total. The number of hydrogen-bond donors (Lipinski definition) is 3. The summed E-state index contributed by atoms with van der Waals surface area (Å²) in [6.45, 7) is 3.44. The van der Waals surface area contributed by atoms with Crippen molar-refractivity contribution in [2.75, 3.05) is 0 Å². The Morgan fingerprint density at radius 2 is 1.58 bits per heavy atom. The Balaban J connectivity index is 1.99. The molecule has 4 aromatic rings. The highest BCUT2D eigenvalue weighted by Crippen LogP contribution is 2.41. The maximum absolute atomic E-state index is 13.3. The number of fused-ring (bicyclic) bond motifs is 1. The van der Waals surface area contributed by atoms with E-state index >= 15 is 0 Å². The van der Waals surface area contributed by atoms with E-state index in [1.165, 1.54) is 18.2 Å². The predicted molar refractivity (Wildman–Crippen MR) is 125 cm³/mol. The number of sulfonamides is 1. The van der Waals surface area contributed by atoms with E-state index in [9.17, 15) is 23.4 Å². The van der Waals surface area contributed by atoms with E-state index in [2.05, 4.69) is 4.72 Å². The van der Waals surface area contributed by atoms with Crippen LogP contribution in [0.15, 0.2) is 74.8 Å². The molecule has 0 aliphatic carbocycles. The van der Waals surface area contributed by atoms with E-state index in [1.807, 2.05) is 6.92 Å². The molecule has 0 amide bonds. The molecule has 3 aromatic carbocycles. The molecule has 0 aliphatic rings. The highest BCUT2D eigenvalue weighted by atomic mass is 35.5.